The standard InChI is InChI=1S/C27H21F2NO3/c28-24-10-9-23(16-25(24)29)22-8-7-20-14-18(3-6-21(20)15-22)13-17-1-4-19(5-2-17)27(33)30-12-11-26(31)32/h1-10,14-16H,11-13H2,(H,30,33)(H,31,32). The Bertz CT molecular complexity index is 1330. The van der Waals surface area contributed by atoms with Crippen LogP contribution >= 0.6 is 0 Å². The maximum atomic E-state index is 13.6. The number of carboxylic acid groups (broad SMARTS) is 1. The first kappa shape index (κ1) is 22.1. The van der Waals surface area contributed by atoms with Crippen molar-refractivity contribution in [3.8, 4) is 11.1 Å². The van der Waals surface area contributed by atoms with Crippen LogP contribution in [-0.2, 0) is 11.2 Å². The number of hydrogen-bond donors (Lipinski definition) is 2. The molecule has 1 amide bonds. The van der Waals surface area contributed by atoms with Gasteiger partial charge in [0, 0.05) is 12.1 Å². The van der Waals surface area contributed by atoms with E-state index in [1.807, 2.05) is 42.5 Å². The van der Waals surface area contributed by atoms with Crippen molar-refractivity contribution >= 4 is 22.6 Å². The number of nitrogens with one attached hydrogen (secondary N) is 1. The Labute approximate surface area is 189 Å². The number of aliphatic carboxylic acids is 1. The highest BCUT2D eigenvalue weighted by molar-refractivity contribution is 5.94. The molecular weight excluding hydrogens is 424 g/mol. The number of carbonyl (C=O) groups is 2. The largest absolute Gasteiger partial charge is 0.481 e. The second kappa shape index (κ2) is 9.61. The lowest BCUT2D eigenvalue weighted by molar-refractivity contribution is -0.136. The van der Waals surface area contributed by atoms with Crippen molar-refractivity contribution in [2.45, 2.75) is 12.8 Å². The molecule has 0 radical (unpaired) electrons. The summed E-state index contributed by atoms with van der Waals surface area (Å²) in [6.45, 7) is 0.0881. The Kier molecular flexibility index (Phi) is 6.45. The van der Waals surface area contributed by atoms with Crippen LogP contribution in [0, 0.1) is 11.6 Å². The molecule has 4 aromatic rings. The minimum Gasteiger partial charge on any atom is -0.481 e. The lowest BCUT2D eigenvalue weighted by Crippen LogP contribution is -2.25. The predicted molar refractivity (Wildman–Crippen MR) is 123 cm³/mol. The zero-order valence-electron chi connectivity index (χ0n) is 17.6. The third-order valence-electron chi connectivity index (χ3n) is 5.41. The molecule has 0 fully saturated rings. The van der Waals surface area contributed by atoms with Crippen molar-refractivity contribution in [2.24, 2.45) is 0 Å². The third kappa shape index (κ3) is 5.41. The first-order valence-electron chi connectivity index (χ1n) is 10.5. The number of halogens is 2. The van der Waals surface area contributed by atoms with E-state index in [1.54, 1.807) is 18.2 Å². The summed E-state index contributed by atoms with van der Waals surface area (Å²) in [4.78, 5) is 22.6. The molecule has 4 nitrogen and oxygen atoms in total. The van der Waals surface area contributed by atoms with Crippen LogP contribution in [0.25, 0.3) is 21.9 Å². The SMILES string of the molecule is O=C(O)CCNC(=O)c1ccc(Cc2ccc3cc(-c4ccc(F)c(F)c4)ccc3c2)cc1. The normalized spacial score (nSPS) is 10.8. The average Bonchev–Trinajstić information content (AvgIpc) is 2.80. The Morgan fingerprint density at radius 1 is 0.727 bits per heavy atom. The quantitative estimate of drug-likeness (QED) is 0.390. The van der Waals surface area contributed by atoms with Gasteiger partial charge in [-0.05, 0) is 69.8 Å². The highest BCUT2D eigenvalue weighted by Gasteiger charge is 2.08. The van der Waals surface area contributed by atoms with Gasteiger partial charge in [-0.25, -0.2) is 8.78 Å². The van der Waals surface area contributed by atoms with Crippen LogP contribution < -0.4 is 5.32 Å². The van der Waals surface area contributed by atoms with Crippen molar-refractivity contribution < 1.29 is 23.5 Å². The van der Waals surface area contributed by atoms with E-state index in [0.717, 1.165) is 33.5 Å². The fourth-order valence-corrected chi connectivity index (χ4v) is 3.66. The van der Waals surface area contributed by atoms with E-state index in [1.165, 1.54) is 6.07 Å². The fraction of sp³-hybridized carbons (Fsp3) is 0.111. The molecule has 6 heteroatoms. The molecule has 0 heterocycles. The third-order valence-corrected chi connectivity index (χ3v) is 5.41. The zero-order valence-corrected chi connectivity index (χ0v) is 17.6. The van der Waals surface area contributed by atoms with E-state index in [-0.39, 0.29) is 18.9 Å². The minimum absolute atomic E-state index is 0.0881. The van der Waals surface area contributed by atoms with Gasteiger partial charge in [-0.3, -0.25) is 9.59 Å². The maximum Gasteiger partial charge on any atom is 0.305 e. The van der Waals surface area contributed by atoms with Gasteiger partial charge >= 0.3 is 5.97 Å². The summed E-state index contributed by atoms with van der Waals surface area (Å²) in [5.41, 5.74) is 4.04. The second-order valence-electron chi connectivity index (χ2n) is 7.80. The lowest BCUT2D eigenvalue weighted by Gasteiger charge is -2.08. The van der Waals surface area contributed by atoms with Crippen LogP contribution in [0.15, 0.2) is 78.9 Å². The van der Waals surface area contributed by atoms with Crippen LogP contribution in [0.5, 0.6) is 0 Å². The molecule has 0 aliphatic carbocycles. The summed E-state index contributed by atoms with van der Waals surface area (Å²) < 4.78 is 26.8. The molecule has 0 unspecified atom stereocenters. The smallest absolute Gasteiger partial charge is 0.305 e. The second-order valence-corrected chi connectivity index (χ2v) is 7.80. The molecule has 2 N–H and O–H groups in total. The van der Waals surface area contributed by atoms with Gasteiger partial charge < -0.3 is 10.4 Å². The Morgan fingerprint density at radius 3 is 2.09 bits per heavy atom. The average molecular weight is 445 g/mol. The molecule has 0 saturated carbocycles. The number of amides is 1. The van der Waals surface area contributed by atoms with Crippen LogP contribution in [-0.4, -0.2) is 23.5 Å². The molecule has 0 bridgehead atoms. The molecule has 33 heavy (non-hydrogen) atoms. The van der Waals surface area contributed by atoms with E-state index in [4.69, 9.17) is 5.11 Å². The van der Waals surface area contributed by atoms with E-state index in [2.05, 4.69) is 11.4 Å². The molecule has 4 rings (SSSR count). The Balaban J connectivity index is 1.46. The van der Waals surface area contributed by atoms with Gasteiger partial charge in [0.25, 0.3) is 5.91 Å². The van der Waals surface area contributed by atoms with E-state index in [9.17, 15) is 18.4 Å². The molecular formula is C27H21F2NO3. The maximum absolute atomic E-state index is 13.6. The molecule has 166 valence electrons. The topological polar surface area (TPSA) is 66.4 Å². The number of hydrogen-bond acceptors (Lipinski definition) is 2. The summed E-state index contributed by atoms with van der Waals surface area (Å²) in [5, 5.41) is 13.3. The van der Waals surface area contributed by atoms with Crippen molar-refractivity contribution in [1.29, 1.82) is 0 Å². The van der Waals surface area contributed by atoms with Crippen LogP contribution in [0.4, 0.5) is 8.78 Å². The number of carbonyl (C=O) groups excluding carboxylic acids is 1. The summed E-state index contributed by atoms with van der Waals surface area (Å²) in [6.07, 6.45) is 0.565. The summed E-state index contributed by atoms with van der Waals surface area (Å²) in [7, 11) is 0. The number of rotatable bonds is 7. The molecule has 0 aliphatic rings. The van der Waals surface area contributed by atoms with Gasteiger partial charge in [-0.1, -0.05) is 48.5 Å². The fourth-order valence-electron chi connectivity index (χ4n) is 3.66. The molecule has 4 aromatic carbocycles. The summed E-state index contributed by atoms with van der Waals surface area (Å²) in [6, 6.07) is 23.0. The van der Waals surface area contributed by atoms with Crippen LogP contribution in [0.1, 0.15) is 27.9 Å². The van der Waals surface area contributed by atoms with E-state index < -0.39 is 17.6 Å². The summed E-state index contributed by atoms with van der Waals surface area (Å²) in [5.74, 6) is -2.99. The Morgan fingerprint density at radius 2 is 1.36 bits per heavy atom. The Hall–Kier alpha value is -4.06. The van der Waals surface area contributed by atoms with Crippen molar-refractivity contribution in [3.05, 3.63) is 107 Å². The van der Waals surface area contributed by atoms with Crippen molar-refractivity contribution in [2.75, 3.05) is 6.54 Å². The summed E-state index contributed by atoms with van der Waals surface area (Å²) >= 11 is 0. The van der Waals surface area contributed by atoms with Gasteiger partial charge in [-0.15, -0.1) is 0 Å². The molecule has 0 aromatic heterocycles. The van der Waals surface area contributed by atoms with E-state index >= 15 is 0 Å². The highest BCUT2D eigenvalue weighted by atomic mass is 19.2. The van der Waals surface area contributed by atoms with Gasteiger partial charge in [0.05, 0.1) is 6.42 Å². The molecule has 0 atom stereocenters. The highest BCUT2D eigenvalue weighted by Crippen LogP contribution is 2.27. The number of carboxylic acids is 1. The van der Waals surface area contributed by atoms with Gasteiger partial charge in [0.15, 0.2) is 11.6 Å². The van der Waals surface area contributed by atoms with Crippen molar-refractivity contribution in [1.82, 2.24) is 5.32 Å². The number of benzene rings is 4. The molecule has 0 saturated heterocycles. The molecule has 0 aliphatic heterocycles. The predicted octanol–water partition coefficient (Wildman–Crippen LogP) is 5.58. The van der Waals surface area contributed by atoms with Gasteiger partial charge in [-0.2, -0.15) is 0 Å². The van der Waals surface area contributed by atoms with Crippen LogP contribution in [0.3, 0.4) is 0 Å². The first-order valence-corrected chi connectivity index (χ1v) is 10.5. The zero-order chi connectivity index (χ0) is 23.4. The lowest BCUT2D eigenvalue weighted by atomic mass is 9.97. The van der Waals surface area contributed by atoms with Crippen molar-refractivity contribution in [3.63, 3.8) is 0 Å². The number of fused-ring (bicyclic) bond motifs is 1. The van der Waals surface area contributed by atoms with E-state index in [0.29, 0.717) is 17.5 Å². The molecule has 0 spiro atoms. The van der Waals surface area contributed by atoms with Crippen LogP contribution in [0.2, 0.25) is 0 Å². The van der Waals surface area contributed by atoms with Gasteiger partial charge in [0.1, 0.15) is 0 Å². The monoisotopic (exact) mass is 445 g/mol. The first-order chi connectivity index (χ1) is 15.9. The van der Waals surface area contributed by atoms with Gasteiger partial charge in [0.2, 0.25) is 0 Å². The minimum atomic E-state index is -0.957.